The van der Waals surface area contributed by atoms with Crippen LogP contribution in [0.25, 0.3) is 0 Å². The number of anilines is 1. The number of nitrogens with zero attached hydrogens (tertiary/aromatic N) is 1. The van der Waals surface area contributed by atoms with Crippen LogP contribution in [-0.2, 0) is 0 Å². The van der Waals surface area contributed by atoms with Gasteiger partial charge in [-0.15, -0.1) is 0 Å². The summed E-state index contributed by atoms with van der Waals surface area (Å²) in [6.07, 6.45) is 1.59. The summed E-state index contributed by atoms with van der Waals surface area (Å²) >= 11 is 3.28. The summed E-state index contributed by atoms with van der Waals surface area (Å²) in [4.78, 5) is 4.00. The van der Waals surface area contributed by atoms with Gasteiger partial charge in [-0.2, -0.15) is 0 Å². The van der Waals surface area contributed by atoms with E-state index in [0.717, 1.165) is 0 Å². The largest absolute Gasteiger partial charge is 0.438 e. The van der Waals surface area contributed by atoms with Crippen molar-refractivity contribution in [2.45, 2.75) is 0 Å². The second-order valence-electron chi connectivity index (χ2n) is 3.08. The van der Waals surface area contributed by atoms with Gasteiger partial charge >= 0.3 is 0 Å². The Labute approximate surface area is 100 Å². The Morgan fingerprint density at radius 2 is 2.12 bits per heavy atom. The summed E-state index contributed by atoms with van der Waals surface area (Å²) in [5, 5.41) is 0. The number of hydrogen-bond donors (Lipinski definition) is 1. The normalized spacial score (nSPS) is 10.1. The van der Waals surface area contributed by atoms with Crippen LogP contribution in [0.2, 0.25) is 0 Å². The highest BCUT2D eigenvalue weighted by atomic mass is 79.9. The topological polar surface area (TPSA) is 48.1 Å². The van der Waals surface area contributed by atoms with Crippen LogP contribution in [0, 0.1) is 5.82 Å². The van der Waals surface area contributed by atoms with E-state index in [4.69, 9.17) is 10.5 Å². The number of aromatic nitrogens is 1. The molecule has 0 aliphatic carbocycles. The standard InChI is InChI=1S/C11H8BrFN2O/c12-8-2-1-5-15-11(8)16-7-3-4-10(14)9(13)6-7/h1-6H,14H2. The first-order valence-corrected chi connectivity index (χ1v) is 5.29. The van der Waals surface area contributed by atoms with Gasteiger partial charge in [0, 0.05) is 12.3 Å². The van der Waals surface area contributed by atoms with Gasteiger partial charge in [-0.05, 0) is 40.2 Å². The molecule has 0 saturated carbocycles. The predicted octanol–water partition coefficient (Wildman–Crippen LogP) is 3.36. The van der Waals surface area contributed by atoms with E-state index >= 15 is 0 Å². The van der Waals surface area contributed by atoms with Crippen molar-refractivity contribution in [2.24, 2.45) is 0 Å². The lowest BCUT2D eigenvalue weighted by atomic mass is 10.3. The minimum atomic E-state index is -0.510. The Morgan fingerprint density at radius 1 is 1.31 bits per heavy atom. The zero-order chi connectivity index (χ0) is 11.5. The number of ether oxygens (including phenoxy) is 1. The van der Waals surface area contributed by atoms with Crippen molar-refractivity contribution in [1.82, 2.24) is 4.98 Å². The maximum absolute atomic E-state index is 13.1. The first-order valence-electron chi connectivity index (χ1n) is 4.50. The van der Waals surface area contributed by atoms with Crippen LogP contribution < -0.4 is 10.5 Å². The molecule has 16 heavy (non-hydrogen) atoms. The van der Waals surface area contributed by atoms with Gasteiger partial charge in [0.1, 0.15) is 11.6 Å². The van der Waals surface area contributed by atoms with E-state index in [1.807, 2.05) is 0 Å². The van der Waals surface area contributed by atoms with Crippen molar-refractivity contribution in [3.63, 3.8) is 0 Å². The molecule has 2 rings (SSSR count). The second-order valence-corrected chi connectivity index (χ2v) is 3.93. The molecule has 0 unspecified atom stereocenters. The number of benzene rings is 1. The molecular weight excluding hydrogens is 275 g/mol. The summed E-state index contributed by atoms with van der Waals surface area (Å²) in [5.74, 6) is 0.224. The van der Waals surface area contributed by atoms with E-state index in [0.29, 0.717) is 16.1 Å². The van der Waals surface area contributed by atoms with Crippen LogP contribution in [0.4, 0.5) is 10.1 Å². The smallest absolute Gasteiger partial charge is 0.233 e. The van der Waals surface area contributed by atoms with E-state index in [1.165, 1.54) is 12.1 Å². The first kappa shape index (κ1) is 10.9. The predicted molar refractivity (Wildman–Crippen MR) is 62.8 cm³/mol. The lowest BCUT2D eigenvalue weighted by molar-refractivity contribution is 0.455. The molecule has 1 aromatic heterocycles. The zero-order valence-electron chi connectivity index (χ0n) is 8.15. The van der Waals surface area contributed by atoms with Gasteiger partial charge in [-0.1, -0.05) is 0 Å². The quantitative estimate of drug-likeness (QED) is 0.860. The molecule has 0 aliphatic heterocycles. The van der Waals surface area contributed by atoms with E-state index in [9.17, 15) is 4.39 Å². The monoisotopic (exact) mass is 282 g/mol. The van der Waals surface area contributed by atoms with Crippen molar-refractivity contribution < 1.29 is 9.13 Å². The van der Waals surface area contributed by atoms with Gasteiger partial charge in [0.15, 0.2) is 0 Å². The molecule has 0 amide bonds. The molecule has 0 fully saturated rings. The molecule has 0 saturated heterocycles. The first-order chi connectivity index (χ1) is 7.66. The van der Waals surface area contributed by atoms with Gasteiger partial charge in [0.05, 0.1) is 10.2 Å². The van der Waals surface area contributed by atoms with E-state index < -0.39 is 5.82 Å². The fraction of sp³-hybridized carbons (Fsp3) is 0. The molecule has 1 heterocycles. The molecule has 1 aromatic carbocycles. The van der Waals surface area contributed by atoms with Crippen LogP contribution >= 0.6 is 15.9 Å². The second kappa shape index (κ2) is 4.49. The highest BCUT2D eigenvalue weighted by Crippen LogP contribution is 2.28. The molecule has 0 bridgehead atoms. The molecule has 3 nitrogen and oxygen atoms in total. The van der Waals surface area contributed by atoms with E-state index in [2.05, 4.69) is 20.9 Å². The van der Waals surface area contributed by atoms with Crippen LogP contribution in [-0.4, -0.2) is 4.98 Å². The minimum Gasteiger partial charge on any atom is -0.438 e. The summed E-state index contributed by atoms with van der Waals surface area (Å²) < 4.78 is 19.2. The maximum atomic E-state index is 13.1. The number of nitrogens with two attached hydrogens (primary N) is 1. The summed E-state index contributed by atoms with van der Waals surface area (Å²) in [7, 11) is 0. The third kappa shape index (κ3) is 2.30. The molecule has 0 aliphatic rings. The van der Waals surface area contributed by atoms with Gasteiger partial charge in [0.25, 0.3) is 0 Å². The number of hydrogen-bond acceptors (Lipinski definition) is 3. The van der Waals surface area contributed by atoms with E-state index in [1.54, 1.807) is 24.4 Å². The lowest BCUT2D eigenvalue weighted by Crippen LogP contribution is -1.93. The summed E-state index contributed by atoms with van der Waals surface area (Å²) in [5.41, 5.74) is 5.45. The average Bonchev–Trinajstić information content (AvgIpc) is 2.27. The molecule has 0 atom stereocenters. The average molecular weight is 283 g/mol. The Kier molecular flexibility index (Phi) is 3.05. The fourth-order valence-electron chi connectivity index (χ4n) is 1.13. The van der Waals surface area contributed by atoms with Crippen LogP contribution in [0.3, 0.4) is 0 Å². The minimum absolute atomic E-state index is 0.0902. The lowest BCUT2D eigenvalue weighted by Gasteiger charge is -2.06. The molecule has 0 spiro atoms. The van der Waals surface area contributed by atoms with Gasteiger partial charge in [-0.3, -0.25) is 0 Å². The van der Waals surface area contributed by atoms with Crippen LogP contribution in [0.1, 0.15) is 0 Å². The third-order valence-electron chi connectivity index (χ3n) is 1.91. The number of pyridine rings is 1. The zero-order valence-corrected chi connectivity index (χ0v) is 9.74. The number of halogens is 2. The third-order valence-corrected chi connectivity index (χ3v) is 2.51. The molecular formula is C11H8BrFN2O. The Bertz CT molecular complexity index is 519. The molecule has 5 heteroatoms. The number of nitrogen functional groups attached to an aromatic ring is 1. The van der Waals surface area contributed by atoms with Gasteiger partial charge in [-0.25, -0.2) is 9.37 Å². The Balaban J connectivity index is 2.28. The summed E-state index contributed by atoms with van der Waals surface area (Å²) in [6, 6.07) is 7.80. The molecule has 2 aromatic rings. The Morgan fingerprint density at radius 3 is 2.81 bits per heavy atom. The van der Waals surface area contributed by atoms with Gasteiger partial charge < -0.3 is 10.5 Å². The highest BCUT2D eigenvalue weighted by Gasteiger charge is 2.05. The fourth-order valence-corrected chi connectivity index (χ4v) is 1.47. The van der Waals surface area contributed by atoms with Crippen molar-refractivity contribution in [3.05, 3.63) is 46.8 Å². The van der Waals surface area contributed by atoms with Crippen LogP contribution in [0.15, 0.2) is 41.0 Å². The molecule has 2 N–H and O–H groups in total. The van der Waals surface area contributed by atoms with Gasteiger partial charge in [0.2, 0.25) is 5.88 Å². The van der Waals surface area contributed by atoms with Crippen molar-refractivity contribution in [3.8, 4) is 11.6 Å². The molecule has 0 radical (unpaired) electrons. The molecule has 82 valence electrons. The van der Waals surface area contributed by atoms with Crippen LogP contribution in [0.5, 0.6) is 11.6 Å². The number of rotatable bonds is 2. The van der Waals surface area contributed by atoms with Crippen molar-refractivity contribution in [2.75, 3.05) is 5.73 Å². The Hall–Kier alpha value is -1.62. The highest BCUT2D eigenvalue weighted by molar-refractivity contribution is 9.10. The maximum Gasteiger partial charge on any atom is 0.233 e. The SMILES string of the molecule is Nc1ccc(Oc2ncccc2Br)cc1F. The van der Waals surface area contributed by atoms with Crippen molar-refractivity contribution >= 4 is 21.6 Å². The van der Waals surface area contributed by atoms with E-state index in [-0.39, 0.29) is 5.69 Å². The van der Waals surface area contributed by atoms with Crippen molar-refractivity contribution in [1.29, 1.82) is 0 Å². The summed E-state index contributed by atoms with van der Waals surface area (Å²) in [6.45, 7) is 0.